The number of ether oxygens (including phenoxy) is 9. The number of rotatable bonds is 13. The maximum absolute atomic E-state index is 14.5. The average Bonchev–Trinajstić information content (AvgIpc) is 3.13. The van der Waals surface area contributed by atoms with Crippen LogP contribution >= 0.6 is 7.82 Å². The summed E-state index contributed by atoms with van der Waals surface area (Å²) in [5.74, 6) is -9.26. The Hall–Kier alpha value is -6.01. The highest BCUT2D eigenvalue weighted by Crippen LogP contribution is 2.45. The van der Waals surface area contributed by atoms with E-state index in [9.17, 15) is 63.5 Å². The Morgan fingerprint density at radius 3 is 1.85 bits per heavy atom. The molecule has 2 aliphatic heterocycles. The minimum atomic E-state index is -5.44. The molecule has 6 N–H and O–H groups in total. The maximum atomic E-state index is 14.5. The second-order valence-electron chi connectivity index (χ2n) is 13.8. The molecule has 0 radical (unpaired) electrons. The molecule has 0 bridgehead atoms. The number of phenolic OH excluding ortho intramolecular Hbond substituents is 3. The van der Waals surface area contributed by atoms with E-state index in [1.165, 1.54) is 6.92 Å². The van der Waals surface area contributed by atoms with Crippen molar-refractivity contribution in [3.8, 4) is 40.1 Å². The Bertz CT molecular complexity index is 2320. The van der Waals surface area contributed by atoms with Crippen molar-refractivity contribution in [2.45, 2.75) is 103 Å². The van der Waals surface area contributed by atoms with Crippen LogP contribution in [0.2, 0.25) is 0 Å². The number of esters is 5. The molecule has 1 aromatic heterocycles. The zero-order chi connectivity index (χ0) is 46.0. The van der Waals surface area contributed by atoms with Gasteiger partial charge < -0.3 is 72.0 Å². The lowest BCUT2D eigenvalue weighted by Crippen LogP contribution is -2.64. The van der Waals surface area contributed by atoms with Gasteiger partial charge in [0.25, 0.3) is 0 Å². The number of fused-ring (bicyclic) bond motifs is 1. The molecule has 0 spiro atoms. The molecule has 2 aliphatic rings. The van der Waals surface area contributed by atoms with Crippen LogP contribution in [0.25, 0.3) is 22.3 Å². The first-order chi connectivity index (χ1) is 28.9. The standard InChI is InChI=1S/C37H41O24P/c1-13-29(53-14(2)38)33(55-16(4)40)28(47)36(52-13)51-12-25-31(54-15(3)39)34(56-17(5)41)35(57-18(6)42)37(59-25)60-32-27(46)26-23(10-20(43)11-24(26)61-62(48,49)50)58-30(32)19-7-8-21(44)22(45)9-19/h7-11,13,25,28-29,31,33-37,43-45,47H,12H2,1-6H3,(H2,48,49,50)/t13?,25-,28-,29?,31?,33+,34+,35?,36+,37+/m1/s1. The molecule has 25 heteroatoms. The number of aliphatic hydroxyl groups is 1. The second kappa shape index (κ2) is 18.9. The van der Waals surface area contributed by atoms with E-state index in [1.54, 1.807) is 0 Å². The molecule has 4 unspecified atom stereocenters. The molecule has 3 aromatic rings. The van der Waals surface area contributed by atoms with Crippen molar-refractivity contribution in [2.75, 3.05) is 6.61 Å². The van der Waals surface area contributed by atoms with E-state index in [0.717, 1.165) is 58.9 Å². The van der Waals surface area contributed by atoms with E-state index in [4.69, 9.17) is 47.0 Å². The summed E-state index contributed by atoms with van der Waals surface area (Å²) >= 11 is 0. The predicted molar refractivity (Wildman–Crippen MR) is 199 cm³/mol. The third-order valence-electron chi connectivity index (χ3n) is 8.87. The normalized spacial score (nSPS) is 26.1. The molecular formula is C37H41O24P. The number of carbonyl (C=O) groups is 5. The van der Waals surface area contributed by atoms with Gasteiger partial charge in [-0.3, -0.25) is 38.6 Å². The molecule has 0 saturated carbocycles. The van der Waals surface area contributed by atoms with Crippen molar-refractivity contribution >= 4 is 48.6 Å². The van der Waals surface area contributed by atoms with Crippen molar-refractivity contribution in [1.82, 2.24) is 0 Å². The smallest absolute Gasteiger partial charge is 0.508 e. The Morgan fingerprint density at radius 2 is 1.27 bits per heavy atom. The maximum Gasteiger partial charge on any atom is 0.524 e. The fourth-order valence-corrected chi connectivity index (χ4v) is 7.01. The van der Waals surface area contributed by atoms with Crippen molar-refractivity contribution in [1.29, 1.82) is 0 Å². The van der Waals surface area contributed by atoms with E-state index >= 15 is 0 Å². The van der Waals surface area contributed by atoms with Crippen molar-refractivity contribution < 1.29 is 110 Å². The molecule has 62 heavy (non-hydrogen) atoms. The van der Waals surface area contributed by atoms with Gasteiger partial charge in [-0.1, -0.05) is 0 Å². The van der Waals surface area contributed by atoms with Crippen molar-refractivity contribution in [2.24, 2.45) is 0 Å². The first kappa shape index (κ1) is 47.0. The number of phosphoric acid groups is 1. The minimum Gasteiger partial charge on any atom is -0.508 e. The number of carbonyl (C=O) groups excluding carboxylic acids is 5. The van der Waals surface area contributed by atoms with Gasteiger partial charge in [-0.05, 0) is 25.1 Å². The summed E-state index contributed by atoms with van der Waals surface area (Å²) in [6, 6.07) is 4.57. The van der Waals surface area contributed by atoms with Gasteiger partial charge in [-0.25, -0.2) is 4.57 Å². The Balaban J connectivity index is 1.66. The molecule has 5 rings (SSSR count). The lowest BCUT2D eigenvalue weighted by atomic mass is 9.97. The van der Waals surface area contributed by atoms with E-state index in [-0.39, 0.29) is 5.56 Å². The van der Waals surface area contributed by atoms with Crippen LogP contribution in [0.3, 0.4) is 0 Å². The Kier molecular flexibility index (Phi) is 14.4. The second-order valence-corrected chi connectivity index (χ2v) is 14.9. The van der Waals surface area contributed by atoms with Crippen LogP contribution in [-0.4, -0.2) is 128 Å². The van der Waals surface area contributed by atoms with Crippen LogP contribution in [-0.2, 0) is 66.4 Å². The molecule has 338 valence electrons. The van der Waals surface area contributed by atoms with Gasteiger partial charge in [0.15, 0.2) is 48.0 Å². The fraction of sp³-hybridized carbons (Fsp3) is 0.459. The fourth-order valence-electron chi connectivity index (χ4n) is 6.61. The molecule has 10 atom stereocenters. The molecule has 2 fully saturated rings. The number of aromatic hydroxyl groups is 3. The summed E-state index contributed by atoms with van der Waals surface area (Å²) in [4.78, 5) is 95.2. The molecule has 24 nitrogen and oxygen atoms in total. The molecule has 2 saturated heterocycles. The van der Waals surface area contributed by atoms with E-state index in [2.05, 4.69) is 4.52 Å². The predicted octanol–water partition coefficient (Wildman–Crippen LogP) is 0.933. The van der Waals surface area contributed by atoms with E-state index in [0.29, 0.717) is 6.07 Å². The Morgan fingerprint density at radius 1 is 0.710 bits per heavy atom. The highest BCUT2D eigenvalue weighted by molar-refractivity contribution is 7.46. The highest BCUT2D eigenvalue weighted by atomic mass is 31.2. The number of benzene rings is 2. The molecular weight excluding hydrogens is 859 g/mol. The van der Waals surface area contributed by atoms with Gasteiger partial charge in [0, 0.05) is 52.3 Å². The number of hydrogen-bond donors (Lipinski definition) is 6. The lowest BCUT2D eigenvalue weighted by Gasteiger charge is -2.45. The summed E-state index contributed by atoms with van der Waals surface area (Å²) in [6.45, 7) is 5.55. The quantitative estimate of drug-likeness (QED) is 0.0601. The highest BCUT2D eigenvalue weighted by Gasteiger charge is 2.55. The third-order valence-corrected chi connectivity index (χ3v) is 9.30. The van der Waals surface area contributed by atoms with Crippen LogP contribution in [0, 0.1) is 0 Å². The number of hydrogen-bond acceptors (Lipinski definition) is 22. The van der Waals surface area contributed by atoms with Crippen LogP contribution in [0.15, 0.2) is 39.5 Å². The minimum absolute atomic E-state index is 0.212. The lowest BCUT2D eigenvalue weighted by molar-refractivity contribution is -0.322. The molecule has 2 aromatic carbocycles. The van der Waals surface area contributed by atoms with Gasteiger partial charge in [0.2, 0.25) is 23.6 Å². The van der Waals surface area contributed by atoms with E-state index in [1.807, 2.05) is 0 Å². The van der Waals surface area contributed by atoms with Gasteiger partial charge in [-0.2, -0.15) is 0 Å². The van der Waals surface area contributed by atoms with Crippen molar-refractivity contribution in [3.05, 3.63) is 40.6 Å². The zero-order valence-electron chi connectivity index (χ0n) is 33.3. The SMILES string of the molecule is CC(=O)OC1[C@H](Oc2c(-c3ccc(O)c(O)c3)oc3cc(O)cc(OP(=O)(O)O)c3c2=O)O[C@H](CO[C@H]2OC(C)C(OC(C)=O)[C@@H](OC(C)=O)[C@H]2O)C(OC(C)=O)[C@@H]1OC(C)=O. The Labute approximate surface area is 348 Å². The summed E-state index contributed by atoms with van der Waals surface area (Å²) in [6.07, 6.45) is -16.9. The van der Waals surface area contributed by atoms with Gasteiger partial charge in [0.05, 0.1) is 12.7 Å². The van der Waals surface area contributed by atoms with Crippen LogP contribution in [0.5, 0.6) is 28.7 Å². The first-order valence-electron chi connectivity index (χ1n) is 18.2. The van der Waals surface area contributed by atoms with Crippen LogP contribution in [0.4, 0.5) is 0 Å². The van der Waals surface area contributed by atoms with Gasteiger partial charge in [0.1, 0.15) is 34.7 Å². The first-order valence-corrected chi connectivity index (χ1v) is 19.7. The largest absolute Gasteiger partial charge is 0.524 e. The third kappa shape index (κ3) is 11.1. The molecule has 3 heterocycles. The summed E-state index contributed by atoms with van der Waals surface area (Å²) in [5, 5.41) is 41.2. The van der Waals surface area contributed by atoms with Gasteiger partial charge in [-0.15, -0.1) is 0 Å². The number of phenols is 3. The number of aliphatic hydroxyl groups excluding tert-OH is 1. The summed E-state index contributed by atoms with van der Waals surface area (Å²) in [7, 11) is -5.44. The van der Waals surface area contributed by atoms with Crippen LogP contribution < -0.4 is 14.7 Å². The zero-order valence-corrected chi connectivity index (χ0v) is 34.2. The average molecular weight is 901 g/mol. The summed E-state index contributed by atoms with van der Waals surface area (Å²) < 4.78 is 73.2. The topological polar surface area (TPSA) is 346 Å². The van der Waals surface area contributed by atoms with Crippen LogP contribution in [0.1, 0.15) is 41.5 Å². The van der Waals surface area contributed by atoms with Crippen molar-refractivity contribution in [3.63, 3.8) is 0 Å². The number of phosphoric ester groups is 1. The summed E-state index contributed by atoms with van der Waals surface area (Å²) in [5.41, 5.74) is -2.07. The van der Waals surface area contributed by atoms with E-state index < -0.39 is 157 Å². The van der Waals surface area contributed by atoms with Gasteiger partial charge >= 0.3 is 37.7 Å². The molecule has 0 aliphatic carbocycles. The monoisotopic (exact) mass is 900 g/mol. The molecule has 0 amide bonds.